The first-order chi connectivity index (χ1) is 20.5. The van der Waals surface area contributed by atoms with Crippen molar-refractivity contribution in [1.82, 2.24) is 15.5 Å². The second-order valence-electron chi connectivity index (χ2n) is 13.1. The Kier molecular flexibility index (Phi) is 11.0. The van der Waals surface area contributed by atoms with E-state index in [1.165, 1.54) is 11.0 Å². The molecule has 3 unspecified atom stereocenters. The minimum atomic E-state index is -1.43. The predicted molar refractivity (Wildman–Crippen MR) is 164 cm³/mol. The van der Waals surface area contributed by atoms with Gasteiger partial charge in [-0.05, 0) is 72.4 Å². The summed E-state index contributed by atoms with van der Waals surface area (Å²) in [5, 5.41) is 26.4. The Morgan fingerprint density at radius 3 is 2.05 bits per heavy atom. The quantitative estimate of drug-likeness (QED) is 0.281. The van der Waals surface area contributed by atoms with Crippen molar-refractivity contribution in [3.05, 3.63) is 65.2 Å². The van der Waals surface area contributed by atoms with Crippen LogP contribution in [0, 0.1) is 6.92 Å². The molecule has 11 heteroatoms. The molecule has 3 amide bonds. The maximum absolute atomic E-state index is 14.3. The number of alkyl carbamates (subject to hydrolysis) is 1. The van der Waals surface area contributed by atoms with E-state index in [0.29, 0.717) is 18.4 Å². The number of carbonyl (C=O) groups is 4. The number of hydrogen-bond acceptors (Lipinski definition) is 8. The number of phenols is 1. The number of aryl methyl sites for hydroxylation is 1. The first kappa shape index (κ1) is 34.4. The number of carbonyl (C=O) groups excluding carboxylic acids is 4. The van der Waals surface area contributed by atoms with Crippen LogP contribution in [0.1, 0.15) is 77.1 Å². The van der Waals surface area contributed by atoms with Crippen molar-refractivity contribution < 1.29 is 38.9 Å². The SMILES string of the molecule is Cc1cccc(C(C(=O)NC(Cc2ccccc2)C(=O)OC(C)(C)C)N(C(=O)C(CO)NC(=O)OC(C)(C)C)C2CC2)c1O. The van der Waals surface area contributed by atoms with Crippen molar-refractivity contribution in [3.63, 3.8) is 0 Å². The number of esters is 1. The van der Waals surface area contributed by atoms with E-state index >= 15 is 0 Å². The van der Waals surface area contributed by atoms with Gasteiger partial charge >= 0.3 is 12.1 Å². The minimum absolute atomic E-state index is 0.116. The van der Waals surface area contributed by atoms with Crippen molar-refractivity contribution in [2.75, 3.05) is 6.61 Å². The summed E-state index contributed by atoms with van der Waals surface area (Å²) in [5.41, 5.74) is -0.297. The summed E-state index contributed by atoms with van der Waals surface area (Å²) in [6.07, 6.45) is 0.330. The summed E-state index contributed by atoms with van der Waals surface area (Å²) < 4.78 is 10.9. The molecule has 4 N–H and O–H groups in total. The van der Waals surface area contributed by atoms with E-state index in [0.717, 1.165) is 5.56 Å². The lowest BCUT2D eigenvalue weighted by Gasteiger charge is -2.35. The molecule has 3 rings (SSSR count). The molecule has 2 aromatic carbocycles. The zero-order valence-corrected chi connectivity index (χ0v) is 26.5. The second kappa shape index (κ2) is 14.1. The Bertz CT molecular complexity index is 1330. The number of amides is 3. The Hall–Kier alpha value is -4.12. The summed E-state index contributed by atoms with van der Waals surface area (Å²) in [6, 6.07) is 9.59. The molecular formula is C33H45N3O8. The Balaban J connectivity index is 2.03. The molecule has 0 aliphatic heterocycles. The van der Waals surface area contributed by atoms with E-state index in [9.17, 15) is 29.4 Å². The van der Waals surface area contributed by atoms with Crippen LogP contribution in [0.5, 0.6) is 5.75 Å². The van der Waals surface area contributed by atoms with Crippen molar-refractivity contribution in [3.8, 4) is 5.75 Å². The highest BCUT2D eigenvalue weighted by atomic mass is 16.6. The lowest BCUT2D eigenvalue weighted by Crippen LogP contribution is -2.56. The second-order valence-corrected chi connectivity index (χ2v) is 13.1. The normalized spacial score (nSPS) is 15.4. The van der Waals surface area contributed by atoms with E-state index < -0.39 is 65.9 Å². The average molecular weight is 612 g/mol. The summed E-state index contributed by atoms with van der Waals surface area (Å²) in [6.45, 7) is 11.1. The summed E-state index contributed by atoms with van der Waals surface area (Å²) in [7, 11) is 0. The van der Waals surface area contributed by atoms with Crippen molar-refractivity contribution in [2.24, 2.45) is 0 Å². The van der Waals surface area contributed by atoms with Crippen molar-refractivity contribution in [2.45, 2.75) is 103 Å². The maximum atomic E-state index is 14.3. The van der Waals surface area contributed by atoms with Crippen LogP contribution in [0.15, 0.2) is 48.5 Å². The molecule has 0 bridgehead atoms. The highest BCUT2D eigenvalue weighted by molar-refractivity contribution is 5.94. The number of ether oxygens (including phenoxy) is 2. The number of nitrogens with zero attached hydrogens (tertiary/aromatic N) is 1. The molecule has 1 fully saturated rings. The van der Waals surface area contributed by atoms with Gasteiger partial charge in [-0.2, -0.15) is 0 Å². The fourth-order valence-corrected chi connectivity index (χ4v) is 4.67. The van der Waals surface area contributed by atoms with Gasteiger partial charge in [0, 0.05) is 18.0 Å². The van der Waals surface area contributed by atoms with E-state index in [4.69, 9.17) is 9.47 Å². The Morgan fingerprint density at radius 1 is 0.886 bits per heavy atom. The van der Waals surface area contributed by atoms with Crippen LogP contribution < -0.4 is 10.6 Å². The lowest BCUT2D eigenvalue weighted by molar-refractivity contribution is -0.159. The van der Waals surface area contributed by atoms with Crippen LogP contribution >= 0.6 is 0 Å². The number of aliphatic hydroxyl groups is 1. The van der Waals surface area contributed by atoms with E-state index in [-0.39, 0.29) is 17.7 Å². The molecule has 0 radical (unpaired) electrons. The first-order valence-electron chi connectivity index (χ1n) is 14.8. The number of aliphatic hydroxyl groups excluding tert-OH is 1. The van der Waals surface area contributed by atoms with Crippen LogP contribution in [0.25, 0.3) is 0 Å². The molecule has 240 valence electrons. The van der Waals surface area contributed by atoms with E-state index in [2.05, 4.69) is 10.6 Å². The highest BCUT2D eigenvalue weighted by Gasteiger charge is 2.45. The fourth-order valence-electron chi connectivity index (χ4n) is 4.67. The standard InChI is InChI=1S/C33H45N3O8/c1-20-12-11-15-23(27(20)38)26(36(22-16-17-22)29(40)25(19-37)35-31(42)44-33(5,6)7)28(39)34-24(30(41)43-32(2,3)4)18-21-13-9-8-10-14-21/h8-15,22,24-26,37-38H,16-19H2,1-7H3,(H,34,39)(H,35,42). The van der Waals surface area contributed by atoms with Gasteiger partial charge in [-0.25, -0.2) is 9.59 Å². The molecule has 0 aromatic heterocycles. The largest absolute Gasteiger partial charge is 0.507 e. The van der Waals surface area contributed by atoms with Gasteiger partial charge < -0.3 is 35.2 Å². The van der Waals surface area contributed by atoms with Gasteiger partial charge in [-0.1, -0.05) is 48.5 Å². The third kappa shape index (κ3) is 9.70. The topological polar surface area (TPSA) is 154 Å². The molecule has 3 atom stereocenters. The number of phenolic OH excluding ortho intramolecular Hbond substituents is 1. The van der Waals surface area contributed by atoms with Crippen LogP contribution in [0.2, 0.25) is 0 Å². The monoisotopic (exact) mass is 611 g/mol. The van der Waals surface area contributed by atoms with Crippen LogP contribution in [-0.4, -0.2) is 74.9 Å². The third-order valence-corrected chi connectivity index (χ3v) is 6.75. The number of para-hydroxylation sites is 1. The van der Waals surface area contributed by atoms with Gasteiger partial charge in [0.2, 0.25) is 11.8 Å². The third-order valence-electron chi connectivity index (χ3n) is 6.75. The van der Waals surface area contributed by atoms with Gasteiger partial charge in [0.15, 0.2) is 0 Å². The highest BCUT2D eigenvalue weighted by Crippen LogP contribution is 2.39. The lowest BCUT2D eigenvalue weighted by atomic mass is 9.98. The Morgan fingerprint density at radius 2 is 1.50 bits per heavy atom. The molecule has 0 heterocycles. The molecular weight excluding hydrogens is 566 g/mol. The maximum Gasteiger partial charge on any atom is 0.408 e. The molecule has 1 aliphatic rings. The number of aromatic hydroxyl groups is 1. The minimum Gasteiger partial charge on any atom is -0.507 e. The van der Waals surface area contributed by atoms with Crippen molar-refractivity contribution >= 4 is 23.9 Å². The van der Waals surface area contributed by atoms with Gasteiger partial charge in [-0.15, -0.1) is 0 Å². The van der Waals surface area contributed by atoms with Gasteiger partial charge in [-0.3, -0.25) is 9.59 Å². The van der Waals surface area contributed by atoms with Gasteiger partial charge in [0.1, 0.15) is 35.1 Å². The molecule has 2 aromatic rings. The zero-order valence-electron chi connectivity index (χ0n) is 26.5. The molecule has 1 saturated carbocycles. The van der Waals surface area contributed by atoms with Crippen molar-refractivity contribution in [1.29, 1.82) is 0 Å². The number of benzene rings is 2. The Labute approximate surface area is 258 Å². The average Bonchev–Trinajstić information content (AvgIpc) is 3.75. The van der Waals surface area contributed by atoms with Crippen LogP contribution in [0.3, 0.4) is 0 Å². The van der Waals surface area contributed by atoms with Crippen LogP contribution in [-0.2, 0) is 30.3 Å². The number of nitrogens with one attached hydrogen (secondary N) is 2. The molecule has 44 heavy (non-hydrogen) atoms. The predicted octanol–water partition coefficient (Wildman–Crippen LogP) is 3.69. The number of hydrogen-bond donors (Lipinski definition) is 4. The smallest absolute Gasteiger partial charge is 0.408 e. The van der Waals surface area contributed by atoms with Gasteiger partial charge in [0.25, 0.3) is 0 Å². The molecule has 1 aliphatic carbocycles. The zero-order chi connectivity index (χ0) is 32.8. The van der Waals surface area contributed by atoms with E-state index in [1.807, 2.05) is 30.3 Å². The summed E-state index contributed by atoms with van der Waals surface area (Å²) >= 11 is 0. The first-order valence-corrected chi connectivity index (χ1v) is 14.8. The molecule has 0 saturated heterocycles. The van der Waals surface area contributed by atoms with Gasteiger partial charge in [0.05, 0.1) is 6.61 Å². The summed E-state index contributed by atoms with van der Waals surface area (Å²) in [5.74, 6) is -2.32. The number of rotatable bonds is 11. The summed E-state index contributed by atoms with van der Waals surface area (Å²) in [4.78, 5) is 55.5. The fraction of sp³-hybridized carbons (Fsp3) is 0.515. The molecule has 11 nitrogen and oxygen atoms in total. The molecule has 0 spiro atoms. The van der Waals surface area contributed by atoms with E-state index in [1.54, 1.807) is 60.6 Å². The van der Waals surface area contributed by atoms with Crippen LogP contribution in [0.4, 0.5) is 4.79 Å².